The molecule has 1 aliphatic rings. The molecule has 1 fully saturated rings. The molecule has 28 heavy (non-hydrogen) atoms. The highest BCUT2D eigenvalue weighted by atomic mass is 19.4. The minimum Gasteiger partial charge on any atom is -0.362 e. The number of hydrogen-bond donors (Lipinski definition) is 1. The molecular formula is C17H20F3N5O3. The summed E-state index contributed by atoms with van der Waals surface area (Å²) in [6.07, 6.45) is -5.07. The van der Waals surface area contributed by atoms with Crippen LogP contribution in [0.2, 0.25) is 0 Å². The van der Waals surface area contributed by atoms with Crippen molar-refractivity contribution in [3.63, 3.8) is 0 Å². The van der Waals surface area contributed by atoms with Crippen LogP contribution in [-0.4, -0.2) is 51.8 Å². The van der Waals surface area contributed by atoms with E-state index in [0.717, 1.165) is 6.07 Å². The Morgan fingerprint density at radius 1 is 1.32 bits per heavy atom. The second-order valence-electron chi connectivity index (χ2n) is 6.51. The first-order valence-corrected chi connectivity index (χ1v) is 8.74. The second-order valence-corrected chi connectivity index (χ2v) is 6.51. The molecule has 1 aliphatic heterocycles. The third-order valence-electron chi connectivity index (χ3n) is 4.12. The Hall–Kier alpha value is -2.69. The molecule has 0 aliphatic carbocycles. The molecule has 2 amide bonds. The lowest BCUT2D eigenvalue weighted by atomic mass is 10.2. The standard InChI is InChI=1S/C17H20F3N5O3/c1-10-8-25(9-13(27-10)15-22-11(2)24-28-15)16(26)21-7-6-12-4-3-5-14(23-12)17(18,19)20/h3-5,10,13H,6-9H2,1-2H3,(H,21,26)/t10-,13-/m0/s1. The van der Waals surface area contributed by atoms with Gasteiger partial charge in [0.1, 0.15) is 5.69 Å². The van der Waals surface area contributed by atoms with Gasteiger partial charge in [-0.1, -0.05) is 11.2 Å². The highest BCUT2D eigenvalue weighted by molar-refractivity contribution is 5.74. The largest absolute Gasteiger partial charge is 0.433 e. The number of amides is 2. The fourth-order valence-corrected chi connectivity index (χ4v) is 2.88. The van der Waals surface area contributed by atoms with Gasteiger partial charge in [0.25, 0.3) is 5.89 Å². The smallest absolute Gasteiger partial charge is 0.362 e. The summed E-state index contributed by atoms with van der Waals surface area (Å²) in [5, 5.41) is 6.42. The van der Waals surface area contributed by atoms with Gasteiger partial charge in [0.05, 0.1) is 12.6 Å². The summed E-state index contributed by atoms with van der Waals surface area (Å²) in [7, 11) is 0. The van der Waals surface area contributed by atoms with Crippen molar-refractivity contribution in [2.24, 2.45) is 0 Å². The van der Waals surface area contributed by atoms with Crippen LogP contribution in [0.25, 0.3) is 0 Å². The molecule has 0 aromatic carbocycles. The van der Waals surface area contributed by atoms with Gasteiger partial charge in [-0.15, -0.1) is 0 Å². The number of carbonyl (C=O) groups excluding carboxylic acids is 1. The quantitative estimate of drug-likeness (QED) is 0.849. The summed E-state index contributed by atoms with van der Waals surface area (Å²) in [6, 6.07) is 3.36. The van der Waals surface area contributed by atoms with Crippen molar-refractivity contribution in [3.8, 4) is 0 Å². The molecule has 2 atom stereocenters. The van der Waals surface area contributed by atoms with Gasteiger partial charge in [0, 0.05) is 25.2 Å². The Balaban J connectivity index is 1.54. The molecule has 152 valence electrons. The van der Waals surface area contributed by atoms with E-state index < -0.39 is 18.0 Å². The maximum Gasteiger partial charge on any atom is 0.433 e. The summed E-state index contributed by atoms with van der Waals surface area (Å²) in [5.74, 6) is 0.774. The van der Waals surface area contributed by atoms with Gasteiger partial charge in [-0.25, -0.2) is 9.78 Å². The van der Waals surface area contributed by atoms with Crippen LogP contribution in [0.15, 0.2) is 22.7 Å². The van der Waals surface area contributed by atoms with Crippen molar-refractivity contribution in [1.29, 1.82) is 0 Å². The molecule has 3 rings (SSSR count). The minimum atomic E-state index is -4.49. The van der Waals surface area contributed by atoms with Gasteiger partial charge in [0.15, 0.2) is 11.9 Å². The molecular weight excluding hydrogens is 379 g/mol. The number of aryl methyl sites for hydroxylation is 1. The summed E-state index contributed by atoms with van der Waals surface area (Å²) < 4.78 is 49.0. The first-order chi connectivity index (χ1) is 13.2. The van der Waals surface area contributed by atoms with Gasteiger partial charge in [-0.3, -0.25) is 0 Å². The molecule has 0 bridgehead atoms. The molecule has 0 unspecified atom stereocenters. The predicted molar refractivity (Wildman–Crippen MR) is 90.2 cm³/mol. The number of alkyl halides is 3. The molecule has 1 saturated heterocycles. The zero-order valence-electron chi connectivity index (χ0n) is 15.4. The average molecular weight is 399 g/mol. The number of nitrogens with one attached hydrogen (secondary N) is 1. The van der Waals surface area contributed by atoms with E-state index in [1.165, 1.54) is 12.1 Å². The third-order valence-corrected chi connectivity index (χ3v) is 4.12. The Kier molecular flexibility index (Phi) is 5.82. The van der Waals surface area contributed by atoms with Crippen molar-refractivity contribution < 1.29 is 27.2 Å². The monoisotopic (exact) mass is 399 g/mol. The van der Waals surface area contributed by atoms with Gasteiger partial charge in [-0.05, 0) is 26.0 Å². The van der Waals surface area contributed by atoms with Crippen molar-refractivity contribution in [3.05, 3.63) is 41.3 Å². The maximum absolute atomic E-state index is 12.7. The Morgan fingerprint density at radius 3 is 2.79 bits per heavy atom. The van der Waals surface area contributed by atoms with Crippen LogP contribution < -0.4 is 5.32 Å². The van der Waals surface area contributed by atoms with Crippen LogP contribution in [0.4, 0.5) is 18.0 Å². The molecule has 0 spiro atoms. The average Bonchev–Trinajstić information content (AvgIpc) is 3.07. The second kappa shape index (κ2) is 8.13. The van der Waals surface area contributed by atoms with Crippen LogP contribution in [0.3, 0.4) is 0 Å². The van der Waals surface area contributed by atoms with Gasteiger partial charge >= 0.3 is 12.2 Å². The van der Waals surface area contributed by atoms with Crippen molar-refractivity contribution >= 4 is 6.03 Å². The maximum atomic E-state index is 12.7. The lowest BCUT2D eigenvalue weighted by Crippen LogP contribution is -2.50. The lowest BCUT2D eigenvalue weighted by Gasteiger charge is -2.35. The van der Waals surface area contributed by atoms with E-state index in [9.17, 15) is 18.0 Å². The number of rotatable bonds is 4. The Bertz CT molecular complexity index is 826. The fourth-order valence-electron chi connectivity index (χ4n) is 2.88. The van der Waals surface area contributed by atoms with Crippen molar-refractivity contribution in [2.75, 3.05) is 19.6 Å². The number of nitrogens with zero attached hydrogens (tertiary/aromatic N) is 4. The first kappa shape index (κ1) is 20.1. The molecule has 1 N–H and O–H groups in total. The number of pyridine rings is 1. The molecule has 0 radical (unpaired) electrons. The fraction of sp³-hybridized carbons (Fsp3) is 0.529. The van der Waals surface area contributed by atoms with Crippen molar-refractivity contribution in [1.82, 2.24) is 25.3 Å². The predicted octanol–water partition coefficient (Wildman–Crippen LogP) is 2.51. The number of carbonyl (C=O) groups is 1. The number of hydrogen-bond acceptors (Lipinski definition) is 6. The number of halogens is 3. The van der Waals surface area contributed by atoms with E-state index in [-0.39, 0.29) is 37.3 Å². The third kappa shape index (κ3) is 4.97. The van der Waals surface area contributed by atoms with Crippen LogP contribution in [-0.2, 0) is 17.3 Å². The zero-order chi connectivity index (χ0) is 20.3. The molecule has 0 saturated carbocycles. The topological polar surface area (TPSA) is 93.4 Å². The van der Waals surface area contributed by atoms with Crippen molar-refractivity contribution in [2.45, 2.75) is 38.7 Å². The summed E-state index contributed by atoms with van der Waals surface area (Å²) in [5.41, 5.74) is -0.694. The summed E-state index contributed by atoms with van der Waals surface area (Å²) in [4.78, 5) is 21.7. The highest BCUT2D eigenvalue weighted by Crippen LogP contribution is 2.27. The number of aromatic nitrogens is 3. The van der Waals surface area contributed by atoms with Gasteiger partial charge < -0.3 is 19.5 Å². The van der Waals surface area contributed by atoms with Gasteiger partial charge in [0.2, 0.25) is 0 Å². The van der Waals surface area contributed by atoms with Crippen LogP contribution in [0.1, 0.15) is 36.1 Å². The molecule has 3 heterocycles. The number of ether oxygens (including phenoxy) is 1. The normalized spacial score (nSPS) is 20.2. The molecule has 11 heteroatoms. The van der Waals surface area contributed by atoms with E-state index in [4.69, 9.17) is 9.26 Å². The zero-order valence-corrected chi connectivity index (χ0v) is 15.4. The van der Waals surface area contributed by atoms with Crippen LogP contribution in [0, 0.1) is 6.92 Å². The number of urea groups is 1. The van der Waals surface area contributed by atoms with Gasteiger partial charge in [-0.2, -0.15) is 18.2 Å². The Labute approximate surface area is 159 Å². The van der Waals surface area contributed by atoms with E-state index in [2.05, 4.69) is 20.4 Å². The van der Waals surface area contributed by atoms with E-state index >= 15 is 0 Å². The summed E-state index contributed by atoms with van der Waals surface area (Å²) >= 11 is 0. The summed E-state index contributed by atoms with van der Waals surface area (Å²) in [6.45, 7) is 4.27. The SMILES string of the molecule is Cc1noc([C@@H]2CN(C(=O)NCCc3cccc(C(F)(F)F)n3)C[C@H](C)O2)n1. The minimum absolute atomic E-state index is 0.156. The lowest BCUT2D eigenvalue weighted by molar-refractivity contribution is -0.141. The van der Waals surface area contributed by atoms with E-state index in [0.29, 0.717) is 18.3 Å². The van der Waals surface area contributed by atoms with E-state index in [1.807, 2.05) is 6.92 Å². The number of morpholine rings is 1. The Morgan fingerprint density at radius 2 is 2.11 bits per heavy atom. The van der Waals surface area contributed by atoms with Crippen LogP contribution >= 0.6 is 0 Å². The molecule has 2 aromatic rings. The van der Waals surface area contributed by atoms with E-state index in [1.54, 1.807) is 11.8 Å². The molecule has 8 nitrogen and oxygen atoms in total. The molecule has 2 aromatic heterocycles. The van der Waals surface area contributed by atoms with Crippen LogP contribution in [0.5, 0.6) is 0 Å². The first-order valence-electron chi connectivity index (χ1n) is 8.74. The highest BCUT2D eigenvalue weighted by Gasteiger charge is 2.33.